The van der Waals surface area contributed by atoms with E-state index >= 15 is 0 Å². The Morgan fingerprint density at radius 2 is 2.23 bits per heavy atom. The first kappa shape index (κ1) is 22.0. The van der Waals surface area contributed by atoms with Crippen LogP contribution < -0.4 is 10.8 Å². The van der Waals surface area contributed by atoms with E-state index in [0.29, 0.717) is 25.3 Å². The van der Waals surface area contributed by atoms with Crippen molar-refractivity contribution in [3.05, 3.63) is 34.5 Å². The van der Waals surface area contributed by atoms with Crippen molar-refractivity contribution in [2.24, 2.45) is 4.99 Å². The molecular formula is C18H23N5O5S3. The molecule has 3 aromatic heterocycles. The Labute approximate surface area is 186 Å². The van der Waals surface area contributed by atoms with Crippen molar-refractivity contribution in [2.75, 3.05) is 18.4 Å². The number of thiophene rings is 1. The first-order valence-electron chi connectivity index (χ1n) is 9.77. The van der Waals surface area contributed by atoms with Crippen LogP contribution in [0.2, 0.25) is 0 Å². The minimum absolute atomic E-state index is 0.124. The quantitative estimate of drug-likeness (QED) is 0.435. The molecule has 0 radical (unpaired) electrons. The summed E-state index contributed by atoms with van der Waals surface area (Å²) in [6.07, 6.45) is 3.88. The number of aromatic hydroxyl groups is 1. The van der Waals surface area contributed by atoms with Gasteiger partial charge in [-0.1, -0.05) is 6.92 Å². The van der Waals surface area contributed by atoms with Crippen LogP contribution in [0.15, 0.2) is 31.3 Å². The van der Waals surface area contributed by atoms with E-state index in [1.54, 1.807) is 6.26 Å². The monoisotopic (exact) mass is 485 g/mol. The summed E-state index contributed by atoms with van der Waals surface area (Å²) >= 11 is -0.811. The van der Waals surface area contributed by atoms with Gasteiger partial charge < -0.3 is 19.4 Å². The zero-order valence-corrected chi connectivity index (χ0v) is 19.4. The van der Waals surface area contributed by atoms with Crippen molar-refractivity contribution in [3.8, 4) is 5.75 Å². The van der Waals surface area contributed by atoms with Crippen molar-refractivity contribution in [2.45, 2.75) is 43.4 Å². The van der Waals surface area contributed by atoms with E-state index < -0.39 is 21.2 Å². The number of sulfonamides is 1. The van der Waals surface area contributed by atoms with Gasteiger partial charge in [0.1, 0.15) is 11.8 Å². The normalized spacial score (nSPS) is 17.4. The second-order valence-corrected chi connectivity index (χ2v) is 11.1. The third kappa shape index (κ3) is 4.41. The molecule has 2 atom stereocenters. The lowest BCUT2D eigenvalue weighted by atomic mass is 10.1. The van der Waals surface area contributed by atoms with Crippen molar-refractivity contribution in [1.29, 1.82) is 0 Å². The Morgan fingerprint density at radius 1 is 1.48 bits per heavy atom. The summed E-state index contributed by atoms with van der Waals surface area (Å²) in [7, 11) is -3.76. The van der Waals surface area contributed by atoms with Crippen molar-refractivity contribution in [1.82, 2.24) is 13.1 Å². The molecule has 10 nitrogen and oxygen atoms in total. The highest BCUT2D eigenvalue weighted by Crippen LogP contribution is 2.40. The van der Waals surface area contributed by atoms with E-state index in [4.69, 9.17) is 4.42 Å². The van der Waals surface area contributed by atoms with Crippen LogP contribution in [0.5, 0.6) is 5.75 Å². The molecule has 1 fully saturated rings. The molecule has 31 heavy (non-hydrogen) atoms. The minimum Gasteiger partial charge on any atom is -0.548 e. The maximum Gasteiger partial charge on any atom is 0.256 e. The predicted octanol–water partition coefficient (Wildman–Crippen LogP) is 3.39. The molecular weight excluding hydrogens is 462 g/mol. The SMILES string of the molecule is CC[C@@H](N=c1[nH][s+]([O-])nc1Nc1csc(S(=O)(=O)N2CCCC2)c1O)c1cc(C)co1. The fourth-order valence-electron chi connectivity index (χ4n) is 3.37. The van der Waals surface area contributed by atoms with Crippen LogP contribution in [0, 0.1) is 6.92 Å². The van der Waals surface area contributed by atoms with Crippen LogP contribution in [0.1, 0.15) is 43.6 Å². The fourth-order valence-corrected chi connectivity index (χ4v) is 6.92. The van der Waals surface area contributed by atoms with Gasteiger partial charge in [0.15, 0.2) is 21.1 Å². The molecule has 168 valence electrons. The number of aromatic amines is 1. The largest absolute Gasteiger partial charge is 0.548 e. The number of furan rings is 1. The number of hydrogen-bond acceptors (Lipinski definition) is 9. The summed E-state index contributed by atoms with van der Waals surface area (Å²) in [5.74, 6) is 0.437. The lowest BCUT2D eigenvalue weighted by molar-refractivity contribution is 0.451. The number of rotatable bonds is 7. The van der Waals surface area contributed by atoms with E-state index in [2.05, 4.69) is 19.1 Å². The molecule has 3 aromatic rings. The highest BCUT2D eigenvalue weighted by atomic mass is 32.2. The van der Waals surface area contributed by atoms with Crippen LogP contribution in [0.25, 0.3) is 0 Å². The number of anilines is 2. The summed E-state index contributed by atoms with van der Waals surface area (Å²) in [5.41, 5.74) is 1.38. The van der Waals surface area contributed by atoms with Crippen molar-refractivity contribution < 1.29 is 22.5 Å². The zero-order valence-electron chi connectivity index (χ0n) is 17.0. The third-order valence-electron chi connectivity index (χ3n) is 4.96. The average Bonchev–Trinajstić information content (AvgIpc) is 3.50. The molecule has 0 bridgehead atoms. The molecule has 3 N–H and O–H groups in total. The van der Waals surface area contributed by atoms with Gasteiger partial charge in [-0.3, -0.25) is 0 Å². The number of nitrogens with one attached hydrogen (secondary N) is 2. The van der Waals surface area contributed by atoms with Crippen LogP contribution in [0.3, 0.4) is 0 Å². The Hall–Kier alpha value is -2.19. The van der Waals surface area contributed by atoms with Gasteiger partial charge in [-0.2, -0.15) is 4.31 Å². The molecule has 1 aliphatic rings. The number of H-pyrrole nitrogens is 1. The van der Waals surface area contributed by atoms with Crippen LogP contribution in [0.4, 0.5) is 11.5 Å². The smallest absolute Gasteiger partial charge is 0.256 e. The summed E-state index contributed by atoms with van der Waals surface area (Å²) in [4.78, 5) is 4.57. The zero-order chi connectivity index (χ0) is 22.2. The number of nitrogens with zero attached hydrogens (tertiary/aromatic N) is 3. The van der Waals surface area contributed by atoms with Gasteiger partial charge in [0.05, 0.1) is 12.0 Å². The molecule has 1 unspecified atom stereocenters. The van der Waals surface area contributed by atoms with E-state index in [0.717, 1.165) is 29.7 Å². The van der Waals surface area contributed by atoms with Gasteiger partial charge in [0, 0.05) is 22.8 Å². The highest BCUT2D eigenvalue weighted by Gasteiger charge is 2.32. The Kier molecular flexibility index (Phi) is 6.21. The molecule has 1 saturated heterocycles. The fraction of sp³-hybridized carbons (Fsp3) is 0.444. The Balaban J connectivity index is 1.65. The second-order valence-electron chi connectivity index (χ2n) is 7.24. The van der Waals surface area contributed by atoms with E-state index in [-0.39, 0.29) is 33.0 Å². The van der Waals surface area contributed by atoms with E-state index in [1.807, 2.05) is 19.9 Å². The predicted molar refractivity (Wildman–Crippen MR) is 117 cm³/mol. The van der Waals surface area contributed by atoms with Crippen molar-refractivity contribution in [3.63, 3.8) is 0 Å². The summed E-state index contributed by atoms with van der Waals surface area (Å²) in [5, 5.41) is 14.9. The van der Waals surface area contributed by atoms with E-state index in [1.165, 1.54) is 9.69 Å². The second kappa shape index (κ2) is 8.74. The number of hydrogen-bond donors (Lipinski definition) is 3. The first-order chi connectivity index (χ1) is 14.8. The molecule has 4 rings (SSSR count). The summed E-state index contributed by atoms with van der Waals surface area (Å²) in [6, 6.07) is 1.56. The topological polar surface area (TPSA) is 147 Å². The highest BCUT2D eigenvalue weighted by molar-refractivity contribution is 7.91. The van der Waals surface area contributed by atoms with Gasteiger partial charge >= 0.3 is 0 Å². The Bertz CT molecular complexity index is 1230. The van der Waals surface area contributed by atoms with E-state index in [9.17, 15) is 18.1 Å². The molecule has 13 heteroatoms. The molecule has 0 amide bonds. The van der Waals surface area contributed by atoms with Crippen LogP contribution in [-0.4, -0.2) is 44.2 Å². The standard InChI is InChI=1S/C18H23N5O5S3/c1-3-12(14-8-11(2)9-28-14)19-16-17(22-30(25)21-16)20-13-10-29-18(15(13)24)31(26,27)23-6-4-5-7-23/h8-10,12,24H,3-7H2,1-2H3,(H,19,21)(H,20,22)/t12-,30?/m1/s1. The minimum atomic E-state index is -3.76. The van der Waals surface area contributed by atoms with Gasteiger partial charge in [-0.05, 0) is 37.8 Å². The van der Waals surface area contributed by atoms with Gasteiger partial charge in [0.2, 0.25) is 11.3 Å². The molecule has 0 saturated carbocycles. The average molecular weight is 486 g/mol. The Morgan fingerprint density at radius 3 is 2.87 bits per heavy atom. The molecule has 0 aromatic carbocycles. The number of aromatic nitrogens is 2. The number of aryl methyl sites for hydroxylation is 1. The molecule has 0 aliphatic carbocycles. The third-order valence-corrected chi connectivity index (χ3v) is 9.06. The van der Waals surface area contributed by atoms with Crippen molar-refractivity contribution >= 4 is 44.0 Å². The maximum absolute atomic E-state index is 12.8. The molecule has 0 spiro atoms. The van der Waals surface area contributed by atoms with Gasteiger partial charge in [-0.15, -0.1) is 15.7 Å². The van der Waals surface area contributed by atoms with Crippen LogP contribution >= 0.6 is 22.5 Å². The first-order valence-corrected chi connectivity index (χ1v) is 13.2. The van der Waals surface area contributed by atoms with Crippen LogP contribution in [-0.2, 0) is 10.0 Å². The lowest BCUT2D eigenvalue weighted by Crippen LogP contribution is -2.27. The molecule has 4 heterocycles. The molecule has 1 aliphatic heterocycles. The summed E-state index contributed by atoms with van der Waals surface area (Å²) < 4.78 is 51.0. The summed E-state index contributed by atoms with van der Waals surface area (Å²) in [6.45, 7) is 4.75. The van der Waals surface area contributed by atoms with Gasteiger partial charge in [0.25, 0.3) is 10.0 Å². The maximum atomic E-state index is 12.8. The lowest BCUT2D eigenvalue weighted by Gasteiger charge is -2.14. The van der Waals surface area contributed by atoms with Gasteiger partial charge in [-0.25, -0.2) is 13.4 Å².